The molecule has 4 N–H and O–H groups in total. The number of carboxylic acids is 2. The second-order valence-electron chi connectivity index (χ2n) is 15.2. The number of aldehydes is 1. The normalized spacial score (nSPS) is 25.6. The Balaban J connectivity index is 0.000000440. The summed E-state index contributed by atoms with van der Waals surface area (Å²) in [5, 5.41) is 18.4. The summed E-state index contributed by atoms with van der Waals surface area (Å²) < 4.78 is 10.6. The lowest BCUT2D eigenvalue weighted by Crippen LogP contribution is -2.32. The van der Waals surface area contributed by atoms with Crippen LogP contribution in [0.5, 0.6) is 0 Å². The molecule has 0 aromatic carbocycles. The number of hydrogen-bond acceptors (Lipinski definition) is 8. The summed E-state index contributed by atoms with van der Waals surface area (Å²) in [7, 11) is 0. The van der Waals surface area contributed by atoms with E-state index in [2.05, 4.69) is 0 Å². The standard InChI is InChI=1S/C17H31NO4.C17H28O5/c2*1-16(2,3)22-15(21)6-10-17(12-14(19)20)8-4-13(5-9-17)7-11-18/h13H,4-12,18H2,1-3H3,(H,19,20);11,13H,4-10,12H2,1-3H3,(H,19,20). The molecule has 2 aliphatic rings. The zero-order valence-corrected chi connectivity index (χ0v) is 28.1. The van der Waals surface area contributed by atoms with Gasteiger partial charge in [0, 0.05) is 19.3 Å². The van der Waals surface area contributed by atoms with Gasteiger partial charge in [-0.1, -0.05) is 0 Å². The van der Waals surface area contributed by atoms with Crippen molar-refractivity contribution in [2.45, 2.75) is 155 Å². The fourth-order valence-electron chi connectivity index (χ4n) is 6.67. The van der Waals surface area contributed by atoms with E-state index in [0.29, 0.717) is 44.1 Å². The molecule has 0 saturated heterocycles. The minimum atomic E-state index is -0.821. The van der Waals surface area contributed by atoms with Crippen LogP contribution < -0.4 is 5.73 Å². The van der Waals surface area contributed by atoms with Crippen molar-refractivity contribution < 1.29 is 43.7 Å². The Hall–Kier alpha value is -2.49. The summed E-state index contributed by atoms with van der Waals surface area (Å²) in [5.41, 5.74) is 4.02. The first-order chi connectivity index (χ1) is 20.3. The van der Waals surface area contributed by atoms with Crippen LogP contribution in [0.25, 0.3) is 0 Å². The molecule has 0 aromatic heterocycles. The molecular weight excluding hydrogens is 566 g/mol. The molecule has 0 atom stereocenters. The van der Waals surface area contributed by atoms with Gasteiger partial charge in [0.15, 0.2) is 0 Å². The second-order valence-corrected chi connectivity index (χ2v) is 15.2. The van der Waals surface area contributed by atoms with Crippen molar-refractivity contribution in [2.24, 2.45) is 28.4 Å². The maximum absolute atomic E-state index is 11.9. The molecule has 0 aliphatic heterocycles. The quantitative estimate of drug-likeness (QED) is 0.144. The monoisotopic (exact) mass is 625 g/mol. The molecule has 0 radical (unpaired) electrons. The number of aliphatic carboxylic acids is 2. The predicted molar refractivity (Wildman–Crippen MR) is 168 cm³/mol. The van der Waals surface area contributed by atoms with E-state index in [1.165, 1.54) is 0 Å². The molecule has 254 valence electrons. The van der Waals surface area contributed by atoms with Crippen LogP contribution >= 0.6 is 0 Å². The summed E-state index contributed by atoms with van der Waals surface area (Å²) in [4.78, 5) is 56.8. The molecule has 0 aromatic rings. The number of rotatable bonds is 14. The molecular formula is C34H59NO9. The molecule has 0 bridgehead atoms. The van der Waals surface area contributed by atoms with Crippen LogP contribution in [-0.4, -0.2) is 58.1 Å². The molecule has 0 heterocycles. The number of esters is 2. The van der Waals surface area contributed by atoms with Crippen LogP contribution in [0, 0.1) is 22.7 Å². The van der Waals surface area contributed by atoms with Gasteiger partial charge in [-0.15, -0.1) is 0 Å². The summed E-state index contributed by atoms with van der Waals surface area (Å²) in [6.07, 6.45) is 11.4. The van der Waals surface area contributed by atoms with E-state index in [-0.39, 0.29) is 42.0 Å². The third-order valence-electron chi connectivity index (χ3n) is 8.95. The van der Waals surface area contributed by atoms with E-state index >= 15 is 0 Å². The maximum atomic E-state index is 11.9. The molecule has 10 nitrogen and oxygen atoms in total. The smallest absolute Gasteiger partial charge is 0.306 e. The molecule has 2 aliphatic carbocycles. The summed E-state index contributed by atoms with van der Waals surface area (Å²) in [6, 6.07) is 0. The molecule has 44 heavy (non-hydrogen) atoms. The van der Waals surface area contributed by atoms with Crippen LogP contribution in [0.2, 0.25) is 0 Å². The third kappa shape index (κ3) is 16.5. The van der Waals surface area contributed by atoms with Crippen molar-refractivity contribution in [1.29, 1.82) is 0 Å². The third-order valence-corrected chi connectivity index (χ3v) is 8.95. The topological polar surface area (TPSA) is 170 Å². The van der Waals surface area contributed by atoms with Gasteiger partial charge in [-0.05, 0) is 141 Å². The summed E-state index contributed by atoms with van der Waals surface area (Å²) in [5.74, 6) is -1.14. The molecule has 2 fully saturated rings. The predicted octanol–water partition coefficient (Wildman–Crippen LogP) is 6.46. The van der Waals surface area contributed by atoms with Gasteiger partial charge in [-0.25, -0.2) is 0 Å². The van der Waals surface area contributed by atoms with Crippen molar-refractivity contribution in [3.05, 3.63) is 0 Å². The SMILES string of the molecule is CC(C)(C)OC(=O)CCC1(CC(=O)O)CCC(CC=O)CC1.CC(C)(C)OC(=O)CCC1(CC(=O)O)CCC(CCN)CC1. The first-order valence-electron chi connectivity index (χ1n) is 16.3. The van der Waals surface area contributed by atoms with Crippen LogP contribution in [0.1, 0.15) is 144 Å². The molecule has 10 heteroatoms. The Bertz CT molecular complexity index is 931. The van der Waals surface area contributed by atoms with E-state index in [1.54, 1.807) is 0 Å². The Labute approximate surface area is 264 Å². The number of carboxylic acid groups (broad SMARTS) is 2. The van der Waals surface area contributed by atoms with E-state index in [1.807, 2.05) is 41.5 Å². The van der Waals surface area contributed by atoms with Crippen molar-refractivity contribution in [3.63, 3.8) is 0 Å². The van der Waals surface area contributed by atoms with Crippen LogP contribution in [0.4, 0.5) is 0 Å². The van der Waals surface area contributed by atoms with Crippen molar-refractivity contribution >= 4 is 30.2 Å². The van der Waals surface area contributed by atoms with Crippen LogP contribution in [-0.2, 0) is 33.4 Å². The summed E-state index contributed by atoms with van der Waals surface area (Å²) >= 11 is 0. The van der Waals surface area contributed by atoms with Gasteiger partial charge in [0.2, 0.25) is 0 Å². The molecule has 2 rings (SSSR count). The van der Waals surface area contributed by atoms with Gasteiger partial charge < -0.3 is 30.2 Å². The van der Waals surface area contributed by atoms with Crippen molar-refractivity contribution in [1.82, 2.24) is 0 Å². The minimum absolute atomic E-state index is 0.0869. The highest BCUT2D eigenvalue weighted by Crippen LogP contribution is 2.47. The van der Waals surface area contributed by atoms with E-state index in [4.69, 9.17) is 15.2 Å². The fraction of sp³-hybridized carbons (Fsp3) is 0.853. The zero-order chi connectivity index (χ0) is 33.6. The Morgan fingerprint density at radius 3 is 1.39 bits per heavy atom. The van der Waals surface area contributed by atoms with Gasteiger partial charge in [-0.2, -0.15) is 0 Å². The van der Waals surface area contributed by atoms with Crippen molar-refractivity contribution in [3.8, 4) is 0 Å². The minimum Gasteiger partial charge on any atom is -0.481 e. The number of carbonyl (C=O) groups is 5. The van der Waals surface area contributed by atoms with Crippen LogP contribution in [0.15, 0.2) is 0 Å². The second kappa shape index (κ2) is 17.9. The number of hydrogen-bond donors (Lipinski definition) is 3. The Kier molecular flexibility index (Phi) is 16.0. The highest BCUT2D eigenvalue weighted by molar-refractivity contribution is 5.71. The fourth-order valence-corrected chi connectivity index (χ4v) is 6.67. The van der Waals surface area contributed by atoms with E-state index in [9.17, 15) is 34.2 Å². The number of carbonyl (C=O) groups excluding carboxylic acids is 3. The number of ether oxygens (including phenoxy) is 2. The zero-order valence-electron chi connectivity index (χ0n) is 28.1. The highest BCUT2D eigenvalue weighted by Gasteiger charge is 2.39. The largest absolute Gasteiger partial charge is 0.481 e. The van der Waals surface area contributed by atoms with Gasteiger partial charge in [0.1, 0.15) is 17.5 Å². The molecule has 0 spiro atoms. The molecule has 2 saturated carbocycles. The van der Waals surface area contributed by atoms with E-state index in [0.717, 1.165) is 64.1 Å². The van der Waals surface area contributed by atoms with Gasteiger partial charge in [0.05, 0.1) is 12.8 Å². The van der Waals surface area contributed by atoms with Gasteiger partial charge in [0.25, 0.3) is 0 Å². The Morgan fingerprint density at radius 2 is 1.09 bits per heavy atom. The lowest BCUT2D eigenvalue weighted by Gasteiger charge is -2.39. The summed E-state index contributed by atoms with van der Waals surface area (Å²) in [6.45, 7) is 11.7. The lowest BCUT2D eigenvalue weighted by molar-refractivity contribution is -0.157. The molecule has 0 unspecified atom stereocenters. The first kappa shape index (κ1) is 39.5. The maximum Gasteiger partial charge on any atom is 0.306 e. The van der Waals surface area contributed by atoms with Crippen LogP contribution in [0.3, 0.4) is 0 Å². The average molecular weight is 626 g/mol. The highest BCUT2D eigenvalue weighted by atomic mass is 16.6. The number of nitrogens with two attached hydrogens (primary N) is 1. The molecule has 0 amide bonds. The van der Waals surface area contributed by atoms with Crippen molar-refractivity contribution in [2.75, 3.05) is 6.54 Å². The van der Waals surface area contributed by atoms with E-state index < -0.39 is 23.1 Å². The van der Waals surface area contributed by atoms with Gasteiger partial charge >= 0.3 is 23.9 Å². The lowest BCUT2D eigenvalue weighted by atomic mass is 9.66. The first-order valence-corrected chi connectivity index (χ1v) is 16.3. The van der Waals surface area contributed by atoms with Gasteiger partial charge in [-0.3, -0.25) is 19.2 Å². The average Bonchev–Trinajstić information content (AvgIpc) is 2.87. The Morgan fingerprint density at radius 1 is 0.727 bits per heavy atom.